The number of anilines is 1. The van der Waals surface area contributed by atoms with Gasteiger partial charge >= 0.3 is 16.1 Å². The number of benzene rings is 2. The third kappa shape index (κ3) is 9.53. The van der Waals surface area contributed by atoms with Crippen LogP contribution in [-0.2, 0) is 84.5 Å². The highest BCUT2D eigenvalue weighted by atomic mass is 32.2. The van der Waals surface area contributed by atoms with E-state index >= 15 is 0 Å². The predicted octanol–water partition coefficient (Wildman–Crippen LogP) is 1.98. The lowest BCUT2D eigenvalue weighted by atomic mass is 9.99. The number of amides is 2. The second kappa shape index (κ2) is 17.1. The summed E-state index contributed by atoms with van der Waals surface area (Å²) in [4.78, 5) is 17.3. The number of nitriles is 1. The molecule has 18 nitrogen and oxygen atoms in total. The number of ether oxygens (including phenoxy) is 1. The molecule has 0 fully saturated rings. The zero-order chi connectivity index (χ0) is 40.2. The summed E-state index contributed by atoms with van der Waals surface area (Å²) in [6.07, 6.45) is 15.5. The number of urea groups is 1. The molecule has 2 aromatic carbocycles. The molecule has 4 aromatic rings. The smallest absolute Gasteiger partial charge is 0.333 e. The van der Waals surface area contributed by atoms with Gasteiger partial charge in [-0.15, -0.1) is 15.5 Å². The molecule has 0 unspecified atom stereocenters. The molecule has 56 heavy (non-hydrogen) atoms. The first-order chi connectivity index (χ1) is 26.6. The molecular weight excluding hydrogens is 765 g/mol. The molecule has 4 aliphatic rings. The van der Waals surface area contributed by atoms with Crippen LogP contribution in [0.4, 0.5) is 10.5 Å². The second-order valence-electron chi connectivity index (χ2n) is 14.4. The number of nitrogens with two attached hydrogens (primary N) is 1. The monoisotopic (exact) mass is 810 g/mol. The van der Waals surface area contributed by atoms with Gasteiger partial charge in [0.2, 0.25) is 5.03 Å². The second-order valence-corrected chi connectivity index (χ2v) is 17.5. The summed E-state index contributed by atoms with van der Waals surface area (Å²) in [5.41, 5.74) is 10.9. The number of carbonyl (C=O) groups excluding carboxylic acids is 1. The van der Waals surface area contributed by atoms with Gasteiger partial charge in [-0.2, -0.15) is 18.3 Å². The van der Waals surface area contributed by atoms with E-state index in [1.54, 1.807) is 13.8 Å². The van der Waals surface area contributed by atoms with E-state index in [2.05, 4.69) is 37.7 Å². The molecule has 0 spiro atoms. The van der Waals surface area contributed by atoms with Gasteiger partial charge in [0.25, 0.3) is 21.4 Å². The molecule has 300 valence electrons. The van der Waals surface area contributed by atoms with Gasteiger partial charge in [0.1, 0.15) is 12.1 Å². The molecule has 0 bridgehead atoms. The zero-order valence-corrected chi connectivity index (χ0v) is 32.9. The predicted molar refractivity (Wildman–Crippen MR) is 201 cm³/mol. The van der Waals surface area contributed by atoms with Crippen LogP contribution in [0.1, 0.15) is 84.0 Å². The van der Waals surface area contributed by atoms with Gasteiger partial charge in [-0.3, -0.25) is 0 Å². The number of nitrogens with one attached hydrogen (secondary N) is 2. The zero-order valence-electron chi connectivity index (χ0n) is 31.2. The maximum absolute atomic E-state index is 12.5. The fourth-order valence-electron chi connectivity index (χ4n) is 7.70. The lowest BCUT2D eigenvalue weighted by molar-refractivity contribution is 0.161. The van der Waals surface area contributed by atoms with Crippen molar-refractivity contribution < 1.29 is 36.6 Å². The molecule has 6 N–H and O–H groups in total. The van der Waals surface area contributed by atoms with E-state index in [-0.39, 0.29) is 18.1 Å². The first-order valence-electron chi connectivity index (χ1n) is 18.5. The molecule has 8 rings (SSSR count). The molecule has 2 atom stereocenters. The summed E-state index contributed by atoms with van der Waals surface area (Å²) in [5, 5.41) is 44.8. The number of hydrogen-bond donors (Lipinski definition) is 5. The number of nitrogens with zero attached hydrogens (tertiary/aromatic N) is 7. The lowest BCUT2D eigenvalue weighted by Crippen LogP contribution is -2.35. The van der Waals surface area contributed by atoms with Crippen LogP contribution in [0.3, 0.4) is 0 Å². The molecular formula is C36H46N10O8S2. The highest BCUT2D eigenvalue weighted by molar-refractivity contribution is 7.90. The Bertz CT molecular complexity index is 2300. The number of sulfonamides is 2. The summed E-state index contributed by atoms with van der Waals surface area (Å²) in [5.74, 6) is 0.903. The number of aromatic nitrogens is 6. The summed E-state index contributed by atoms with van der Waals surface area (Å²) in [6, 6.07) is 3.76. The first-order valence-corrected chi connectivity index (χ1v) is 21.6. The fraction of sp³-hybridized carbons (Fsp3) is 0.500. The van der Waals surface area contributed by atoms with Gasteiger partial charge in [-0.05, 0) is 135 Å². The SMILES string of the molecule is C[C@@H](O)Cn1cnc(S(=O)(=O)NC(=O)Nc2c3c(cc4c2CCC4)CCC3)n1.C[C@@H](O)Cn1ncc(S(N)(=O)=O)n1.N#COc1c2c(cc3c1CCC3)CCC2. The molecule has 0 radical (unpaired) electrons. The number of rotatable bonds is 9. The van der Waals surface area contributed by atoms with Gasteiger partial charge in [-0.1, -0.05) is 12.1 Å². The number of hydrogen-bond acceptors (Lipinski definition) is 13. The van der Waals surface area contributed by atoms with Crippen molar-refractivity contribution in [2.75, 3.05) is 5.32 Å². The van der Waals surface area contributed by atoms with E-state index in [1.165, 1.54) is 57.2 Å². The van der Waals surface area contributed by atoms with Crippen LogP contribution >= 0.6 is 0 Å². The van der Waals surface area contributed by atoms with Crippen LogP contribution in [0.2, 0.25) is 0 Å². The van der Waals surface area contributed by atoms with Gasteiger partial charge in [0.05, 0.1) is 31.5 Å². The third-order valence-corrected chi connectivity index (χ3v) is 11.8. The Hall–Kier alpha value is -4.94. The molecule has 0 saturated heterocycles. The minimum atomic E-state index is -4.21. The van der Waals surface area contributed by atoms with Gasteiger partial charge in [0.15, 0.2) is 0 Å². The number of aliphatic hydroxyl groups excluding tert-OH is 2. The van der Waals surface area contributed by atoms with Crippen LogP contribution < -0.4 is 19.9 Å². The van der Waals surface area contributed by atoms with Crippen LogP contribution in [0.25, 0.3) is 0 Å². The number of fused-ring (bicyclic) bond motifs is 4. The number of carbonyl (C=O) groups is 1. The van der Waals surface area contributed by atoms with E-state index in [4.69, 9.17) is 20.2 Å². The highest BCUT2D eigenvalue weighted by Gasteiger charge is 2.28. The molecule has 2 amide bonds. The quantitative estimate of drug-likeness (QED) is 0.152. The largest absolute Gasteiger partial charge is 0.391 e. The lowest BCUT2D eigenvalue weighted by Gasteiger charge is -2.16. The van der Waals surface area contributed by atoms with Crippen molar-refractivity contribution in [3.05, 3.63) is 69.2 Å². The summed E-state index contributed by atoms with van der Waals surface area (Å²) < 4.78 is 54.7. The standard InChI is InChI=1S/C18H23N5O4S.C13H13NO.C5H10N4O3S/c1-11(24)9-23-10-19-18(21-23)28(26,27)22-17(25)20-16-14-6-2-4-12(14)8-13-5-3-7-15(13)16;14-8-15-13-11-5-1-3-9(11)7-10-4-2-6-12(10)13;1-4(10)3-9-7-2-5(8-9)13(6,11)12/h8,10-11,24H,2-7,9H2,1H3,(H2,20,22,25);7H,1-6H2;2,4,10H,3H2,1H3,(H2,6,11,12)/t11-;;4-/m1.1/s1. The maximum Gasteiger partial charge on any atom is 0.333 e. The Kier molecular flexibility index (Phi) is 12.4. The number of aryl methyl sites for hydroxylation is 4. The Balaban J connectivity index is 0.000000159. The Morgan fingerprint density at radius 1 is 0.857 bits per heavy atom. The molecule has 2 aromatic heterocycles. The van der Waals surface area contributed by atoms with Crippen LogP contribution in [0.15, 0.2) is 34.8 Å². The minimum Gasteiger partial charge on any atom is -0.391 e. The Labute approximate surface area is 325 Å². The van der Waals surface area contributed by atoms with Crippen LogP contribution in [-0.4, -0.2) is 75.0 Å². The van der Waals surface area contributed by atoms with Gasteiger partial charge in [-0.25, -0.2) is 32.7 Å². The molecule has 0 saturated carbocycles. The summed E-state index contributed by atoms with van der Waals surface area (Å²) in [6.45, 7) is 3.34. The number of primary sulfonamides is 1. The van der Waals surface area contributed by atoms with E-state index in [0.717, 1.165) is 97.8 Å². The van der Waals surface area contributed by atoms with E-state index in [9.17, 15) is 26.7 Å². The van der Waals surface area contributed by atoms with Crippen molar-refractivity contribution in [2.45, 2.75) is 126 Å². The van der Waals surface area contributed by atoms with Crippen molar-refractivity contribution in [3.63, 3.8) is 0 Å². The number of aliphatic hydroxyl groups is 2. The van der Waals surface area contributed by atoms with Crippen molar-refractivity contribution in [1.29, 1.82) is 5.26 Å². The van der Waals surface area contributed by atoms with E-state index < -0.39 is 43.4 Å². The van der Waals surface area contributed by atoms with Gasteiger partial charge in [0, 0.05) is 5.69 Å². The summed E-state index contributed by atoms with van der Waals surface area (Å²) in [7, 11) is -8.00. The van der Waals surface area contributed by atoms with Gasteiger partial charge < -0.3 is 20.3 Å². The van der Waals surface area contributed by atoms with Crippen molar-refractivity contribution in [3.8, 4) is 12.0 Å². The molecule has 20 heteroatoms. The average Bonchev–Trinajstić information content (AvgIpc) is 3.96. The summed E-state index contributed by atoms with van der Waals surface area (Å²) >= 11 is 0. The maximum atomic E-state index is 12.5. The Morgan fingerprint density at radius 2 is 1.38 bits per heavy atom. The van der Waals surface area contributed by atoms with Crippen molar-refractivity contribution in [1.82, 2.24) is 34.5 Å². The Morgan fingerprint density at radius 3 is 1.86 bits per heavy atom. The highest BCUT2D eigenvalue weighted by Crippen LogP contribution is 2.40. The van der Waals surface area contributed by atoms with E-state index in [1.807, 2.05) is 11.0 Å². The molecule has 2 heterocycles. The minimum absolute atomic E-state index is 0.108. The first kappa shape index (κ1) is 40.7. The molecule has 0 aliphatic heterocycles. The fourth-order valence-corrected chi connectivity index (χ4v) is 8.89. The van der Waals surface area contributed by atoms with E-state index in [0.29, 0.717) is 0 Å². The average molecular weight is 811 g/mol. The van der Waals surface area contributed by atoms with Crippen molar-refractivity contribution >= 4 is 31.8 Å². The van der Waals surface area contributed by atoms with Crippen molar-refractivity contribution in [2.24, 2.45) is 5.14 Å². The third-order valence-electron chi connectivity index (χ3n) is 9.95. The van der Waals surface area contributed by atoms with Crippen LogP contribution in [0, 0.1) is 11.5 Å². The van der Waals surface area contributed by atoms with Crippen LogP contribution in [0.5, 0.6) is 5.75 Å². The molecule has 4 aliphatic carbocycles. The normalized spacial score (nSPS) is 16.1. The topological polar surface area (TPSA) is 270 Å².